The first-order valence-electron chi connectivity index (χ1n) is 10.2. The highest BCUT2D eigenvalue weighted by molar-refractivity contribution is 6.18. The van der Waals surface area contributed by atoms with E-state index in [0.717, 1.165) is 0 Å². The Labute approximate surface area is 198 Å². The van der Waals surface area contributed by atoms with Crippen molar-refractivity contribution in [2.45, 2.75) is 51.8 Å². The van der Waals surface area contributed by atoms with Gasteiger partial charge in [0.15, 0.2) is 35.7 Å². The second-order valence-electron chi connectivity index (χ2n) is 9.30. The molecule has 1 saturated heterocycles. The number of ether oxygens (including phenoxy) is 3. The zero-order valence-electron chi connectivity index (χ0n) is 19.1. The van der Waals surface area contributed by atoms with E-state index in [1.54, 1.807) is 0 Å². The van der Waals surface area contributed by atoms with Crippen molar-refractivity contribution in [1.82, 2.24) is 9.55 Å². The highest BCUT2D eigenvalue weighted by Crippen LogP contribution is 2.42. The lowest BCUT2D eigenvalue weighted by atomic mass is 9.93. The summed E-state index contributed by atoms with van der Waals surface area (Å²) in [5.41, 5.74) is -0.685. The van der Waals surface area contributed by atoms with Crippen LogP contribution in [-0.2, 0) is 23.8 Å². The molecule has 0 aromatic carbocycles. The zero-order chi connectivity index (χ0) is 26.1. The van der Waals surface area contributed by atoms with Gasteiger partial charge < -0.3 is 30.2 Å². The minimum absolute atomic E-state index is 0.474. The third kappa shape index (κ3) is 5.32. The highest BCUT2D eigenvalue weighted by Gasteiger charge is 2.60. The van der Waals surface area contributed by atoms with Crippen LogP contribution >= 0.6 is 11.6 Å². The second kappa shape index (κ2) is 10.1. The van der Waals surface area contributed by atoms with Crippen molar-refractivity contribution < 1.29 is 42.8 Å². The van der Waals surface area contributed by atoms with Crippen molar-refractivity contribution in [2.24, 2.45) is 10.8 Å². The number of hydrogen-bond acceptors (Lipinski definition) is 10. The molecule has 1 fully saturated rings. The van der Waals surface area contributed by atoms with Crippen LogP contribution in [0.3, 0.4) is 0 Å². The Morgan fingerprint density at radius 1 is 1.26 bits per heavy atom. The first-order chi connectivity index (χ1) is 15.7. The Kier molecular flexibility index (Phi) is 8.29. The predicted octanol–water partition coefficient (Wildman–Crippen LogP) is 0.301. The number of rotatable bonds is 9. The molecule has 2 heterocycles. The molecular weight excluding hydrogens is 484 g/mol. The standard InChI is InChI=1S/C20H28ClF2N3O8/c1-18(2,7-27)15(29)32-9-20(6-21)12(33-16(30)19(3,4)8-28)11(23)14(34-20)26-5-10(22)13(24)25-17(26)31/h5,11-12,14,27-28H,6-9H2,1-4H3,(H2,24,25,31)/t11-,12-,14+,20+/m0/s1. The van der Waals surface area contributed by atoms with E-state index in [0.29, 0.717) is 10.8 Å². The van der Waals surface area contributed by atoms with Crippen LogP contribution in [-0.4, -0.2) is 75.3 Å². The maximum Gasteiger partial charge on any atom is 0.351 e. The van der Waals surface area contributed by atoms with Gasteiger partial charge >= 0.3 is 17.6 Å². The fourth-order valence-corrected chi connectivity index (χ4v) is 3.18. The summed E-state index contributed by atoms with van der Waals surface area (Å²) >= 11 is 6.07. The lowest BCUT2D eigenvalue weighted by molar-refractivity contribution is -0.185. The van der Waals surface area contributed by atoms with E-state index in [9.17, 15) is 29.0 Å². The number of carbonyl (C=O) groups excluding carboxylic acids is 2. The maximum atomic E-state index is 15.7. The molecule has 0 saturated carbocycles. The zero-order valence-corrected chi connectivity index (χ0v) is 19.8. The molecule has 2 rings (SSSR count). The molecule has 4 atom stereocenters. The number of carbonyl (C=O) groups is 2. The molecular formula is C20H28ClF2N3O8. The number of nitrogen functional groups attached to an aromatic ring is 1. The summed E-state index contributed by atoms with van der Waals surface area (Å²) in [7, 11) is 0. The van der Waals surface area contributed by atoms with Crippen molar-refractivity contribution in [3.63, 3.8) is 0 Å². The average molecular weight is 512 g/mol. The quantitative estimate of drug-likeness (QED) is 0.310. The normalized spacial score (nSPS) is 25.3. The topological polar surface area (TPSA) is 163 Å². The largest absolute Gasteiger partial charge is 0.462 e. The first kappa shape index (κ1) is 27.9. The Morgan fingerprint density at radius 2 is 1.82 bits per heavy atom. The van der Waals surface area contributed by atoms with E-state index in [2.05, 4.69) is 4.98 Å². The van der Waals surface area contributed by atoms with E-state index in [4.69, 9.17) is 31.5 Å². The molecule has 1 aliphatic rings. The van der Waals surface area contributed by atoms with E-state index in [1.807, 2.05) is 0 Å². The molecule has 0 aliphatic carbocycles. The van der Waals surface area contributed by atoms with Crippen LogP contribution in [0.2, 0.25) is 0 Å². The Bertz CT molecular complexity index is 989. The molecule has 34 heavy (non-hydrogen) atoms. The number of halogens is 3. The molecule has 14 heteroatoms. The molecule has 0 amide bonds. The average Bonchev–Trinajstić information content (AvgIpc) is 3.06. The second-order valence-corrected chi connectivity index (χ2v) is 9.57. The number of anilines is 1. The number of alkyl halides is 2. The lowest BCUT2D eigenvalue weighted by Crippen LogP contribution is -2.52. The summed E-state index contributed by atoms with van der Waals surface area (Å²) < 4.78 is 46.3. The number of nitrogens with two attached hydrogens (primary N) is 1. The van der Waals surface area contributed by atoms with Gasteiger partial charge in [-0.05, 0) is 27.7 Å². The van der Waals surface area contributed by atoms with Crippen molar-refractivity contribution in [2.75, 3.05) is 31.4 Å². The number of nitrogens with zero attached hydrogens (tertiary/aromatic N) is 2. The maximum absolute atomic E-state index is 15.7. The summed E-state index contributed by atoms with van der Waals surface area (Å²) in [4.78, 5) is 40.5. The van der Waals surface area contributed by atoms with Crippen LogP contribution in [0.1, 0.15) is 33.9 Å². The number of aliphatic hydroxyl groups is 2. The number of hydrogen-bond donors (Lipinski definition) is 3. The molecule has 0 unspecified atom stereocenters. The first-order valence-corrected chi connectivity index (χ1v) is 10.7. The van der Waals surface area contributed by atoms with Gasteiger partial charge in [0.25, 0.3) is 0 Å². The van der Waals surface area contributed by atoms with Crippen molar-refractivity contribution in [3.05, 3.63) is 22.5 Å². The fraction of sp³-hybridized carbons (Fsp3) is 0.700. The van der Waals surface area contributed by atoms with Gasteiger partial charge in [0.05, 0.1) is 36.1 Å². The molecule has 0 spiro atoms. The number of aromatic nitrogens is 2. The van der Waals surface area contributed by atoms with Crippen LogP contribution in [0.5, 0.6) is 0 Å². The van der Waals surface area contributed by atoms with E-state index in [1.165, 1.54) is 27.7 Å². The minimum atomic E-state index is -2.30. The number of aliphatic hydroxyl groups excluding tert-OH is 2. The summed E-state index contributed by atoms with van der Waals surface area (Å²) in [5, 5.41) is 18.8. The van der Waals surface area contributed by atoms with E-state index >= 15 is 4.39 Å². The van der Waals surface area contributed by atoms with Crippen molar-refractivity contribution in [3.8, 4) is 0 Å². The van der Waals surface area contributed by atoms with Gasteiger partial charge in [-0.25, -0.2) is 13.6 Å². The third-order valence-electron chi connectivity index (χ3n) is 5.45. The van der Waals surface area contributed by atoms with Gasteiger partial charge in [0.1, 0.15) is 6.61 Å². The smallest absolute Gasteiger partial charge is 0.351 e. The molecule has 11 nitrogen and oxygen atoms in total. The predicted molar refractivity (Wildman–Crippen MR) is 114 cm³/mol. The third-order valence-corrected chi connectivity index (χ3v) is 5.90. The van der Waals surface area contributed by atoms with Gasteiger partial charge in [-0.1, -0.05) is 0 Å². The van der Waals surface area contributed by atoms with Gasteiger partial charge in [0.2, 0.25) is 0 Å². The molecule has 1 aliphatic heterocycles. The summed E-state index contributed by atoms with van der Waals surface area (Å²) in [6.07, 6.45) is -5.45. The SMILES string of the molecule is CC(C)(CO)C(=O)OC[C@@]1(CCl)O[C@@H](n2cc(F)c(N)nc2=O)[C@@H](F)[C@@H]1OC(=O)C(C)(C)CO. The Balaban J connectivity index is 2.50. The van der Waals surface area contributed by atoms with Gasteiger partial charge in [-0.15, -0.1) is 11.6 Å². The van der Waals surface area contributed by atoms with Gasteiger partial charge in [-0.3, -0.25) is 14.2 Å². The molecule has 0 bridgehead atoms. The van der Waals surface area contributed by atoms with E-state index in [-0.39, 0.29) is 0 Å². The summed E-state index contributed by atoms with van der Waals surface area (Å²) in [6, 6.07) is 0. The molecule has 1 aromatic heterocycles. The van der Waals surface area contributed by atoms with Crippen LogP contribution in [0.25, 0.3) is 0 Å². The lowest BCUT2D eigenvalue weighted by Gasteiger charge is -2.34. The van der Waals surface area contributed by atoms with Crippen molar-refractivity contribution >= 4 is 29.4 Å². The summed E-state index contributed by atoms with van der Waals surface area (Å²) in [5.74, 6) is -4.36. The molecule has 192 valence electrons. The number of esters is 2. The van der Waals surface area contributed by atoms with E-state index < -0.39 is 89.9 Å². The van der Waals surface area contributed by atoms with Crippen LogP contribution in [0.4, 0.5) is 14.6 Å². The van der Waals surface area contributed by atoms with Crippen LogP contribution < -0.4 is 11.4 Å². The molecule has 0 radical (unpaired) electrons. The molecule has 1 aromatic rings. The molecule has 4 N–H and O–H groups in total. The Hall–Kier alpha value is -2.35. The van der Waals surface area contributed by atoms with Crippen LogP contribution in [0.15, 0.2) is 11.0 Å². The fourth-order valence-electron chi connectivity index (χ4n) is 2.88. The highest BCUT2D eigenvalue weighted by atomic mass is 35.5. The Morgan fingerprint density at radius 3 is 2.35 bits per heavy atom. The monoisotopic (exact) mass is 511 g/mol. The minimum Gasteiger partial charge on any atom is -0.462 e. The van der Waals surface area contributed by atoms with Gasteiger partial charge in [0, 0.05) is 0 Å². The van der Waals surface area contributed by atoms with Crippen LogP contribution in [0, 0.1) is 16.6 Å². The summed E-state index contributed by atoms with van der Waals surface area (Å²) in [6.45, 7) is 3.51. The van der Waals surface area contributed by atoms with Gasteiger partial charge in [-0.2, -0.15) is 4.98 Å². The van der Waals surface area contributed by atoms with Crippen molar-refractivity contribution in [1.29, 1.82) is 0 Å².